The van der Waals surface area contributed by atoms with Gasteiger partial charge in [0.15, 0.2) is 0 Å². The maximum Gasteiger partial charge on any atom is 0.407 e. The topological polar surface area (TPSA) is 76.4 Å². The van der Waals surface area contributed by atoms with Crippen molar-refractivity contribution in [3.63, 3.8) is 0 Å². The number of carbonyl (C=O) groups is 1. The summed E-state index contributed by atoms with van der Waals surface area (Å²) in [4.78, 5) is 11.4. The average Bonchev–Trinajstić information content (AvgIpc) is 2.24. The van der Waals surface area contributed by atoms with E-state index >= 15 is 0 Å². The van der Waals surface area contributed by atoms with Crippen LogP contribution in [0.15, 0.2) is 0 Å². The molecule has 0 aliphatic rings. The van der Waals surface area contributed by atoms with Crippen molar-refractivity contribution in [2.24, 2.45) is 5.73 Å². The molecule has 1 amide bonds. The van der Waals surface area contributed by atoms with Crippen LogP contribution in [0.5, 0.6) is 0 Å². The monoisotopic (exact) mass is 255 g/mol. The van der Waals surface area contributed by atoms with Crippen molar-refractivity contribution in [1.29, 1.82) is 0 Å². The van der Waals surface area contributed by atoms with Gasteiger partial charge in [-0.05, 0) is 34.1 Å². The SMILES string of the molecule is C#CC(C)NC(CN)CCNC(=O)OC(C)(C)C. The molecule has 2 atom stereocenters. The first-order chi connectivity index (χ1) is 8.28. The Labute approximate surface area is 110 Å². The van der Waals surface area contributed by atoms with Crippen molar-refractivity contribution in [3.05, 3.63) is 0 Å². The molecule has 0 spiro atoms. The Bertz CT molecular complexity index is 292. The molecule has 104 valence electrons. The summed E-state index contributed by atoms with van der Waals surface area (Å²) in [7, 11) is 0. The number of ether oxygens (including phenoxy) is 1. The maximum absolute atomic E-state index is 11.4. The molecule has 0 aliphatic heterocycles. The van der Waals surface area contributed by atoms with Gasteiger partial charge in [0, 0.05) is 19.1 Å². The van der Waals surface area contributed by atoms with Crippen molar-refractivity contribution in [3.8, 4) is 12.3 Å². The maximum atomic E-state index is 11.4. The van der Waals surface area contributed by atoms with Crippen LogP contribution in [0.2, 0.25) is 0 Å². The number of alkyl carbamates (subject to hydrolysis) is 1. The van der Waals surface area contributed by atoms with Gasteiger partial charge in [-0.15, -0.1) is 6.42 Å². The lowest BCUT2D eigenvalue weighted by Crippen LogP contribution is -2.43. The molecule has 5 heteroatoms. The van der Waals surface area contributed by atoms with Gasteiger partial charge in [0.25, 0.3) is 0 Å². The fourth-order valence-corrected chi connectivity index (χ4v) is 1.33. The fourth-order valence-electron chi connectivity index (χ4n) is 1.33. The molecule has 0 saturated heterocycles. The first-order valence-electron chi connectivity index (χ1n) is 6.17. The molecule has 0 aromatic carbocycles. The predicted octanol–water partition coefficient (Wildman–Crippen LogP) is 0.840. The van der Waals surface area contributed by atoms with E-state index in [1.807, 2.05) is 27.7 Å². The number of terminal acetylenes is 1. The molecule has 0 rings (SSSR count). The Morgan fingerprint density at radius 3 is 2.56 bits per heavy atom. The highest BCUT2D eigenvalue weighted by atomic mass is 16.6. The summed E-state index contributed by atoms with van der Waals surface area (Å²) in [5, 5.41) is 5.87. The van der Waals surface area contributed by atoms with Crippen LogP contribution >= 0.6 is 0 Å². The molecule has 18 heavy (non-hydrogen) atoms. The summed E-state index contributed by atoms with van der Waals surface area (Å²) >= 11 is 0. The number of rotatable bonds is 6. The molecule has 4 N–H and O–H groups in total. The van der Waals surface area contributed by atoms with E-state index in [-0.39, 0.29) is 12.1 Å². The smallest absolute Gasteiger partial charge is 0.407 e. The molecule has 0 radical (unpaired) electrons. The first-order valence-corrected chi connectivity index (χ1v) is 6.17. The molecule has 0 aromatic rings. The normalized spacial score (nSPS) is 14.4. The number of hydrogen-bond acceptors (Lipinski definition) is 4. The summed E-state index contributed by atoms with van der Waals surface area (Å²) in [5.41, 5.74) is 5.14. The molecule has 5 nitrogen and oxygen atoms in total. The molecule has 0 aliphatic carbocycles. The Kier molecular flexibility index (Phi) is 7.41. The van der Waals surface area contributed by atoms with Crippen molar-refractivity contribution in [2.75, 3.05) is 13.1 Å². The summed E-state index contributed by atoms with van der Waals surface area (Å²) in [5.74, 6) is 2.58. The van der Waals surface area contributed by atoms with Crippen LogP contribution in [0.1, 0.15) is 34.1 Å². The van der Waals surface area contributed by atoms with Gasteiger partial charge in [-0.3, -0.25) is 5.32 Å². The minimum atomic E-state index is -0.479. The zero-order valence-corrected chi connectivity index (χ0v) is 11.7. The number of nitrogens with one attached hydrogen (secondary N) is 2. The quantitative estimate of drug-likeness (QED) is 0.615. The Hall–Kier alpha value is -1.25. The van der Waals surface area contributed by atoms with Crippen molar-refractivity contribution < 1.29 is 9.53 Å². The zero-order valence-electron chi connectivity index (χ0n) is 11.7. The van der Waals surface area contributed by atoms with Gasteiger partial charge in [-0.1, -0.05) is 5.92 Å². The predicted molar refractivity (Wildman–Crippen MR) is 73.1 cm³/mol. The Morgan fingerprint density at radius 1 is 1.50 bits per heavy atom. The standard InChI is InChI=1S/C13H25N3O2/c1-6-10(2)16-11(9-14)7-8-15-12(17)18-13(3,4)5/h1,10-11,16H,7-9,14H2,2-5H3,(H,15,17). The van der Waals surface area contributed by atoms with Crippen LogP contribution in [0, 0.1) is 12.3 Å². The van der Waals surface area contributed by atoms with Crippen LogP contribution in [0.3, 0.4) is 0 Å². The highest BCUT2D eigenvalue weighted by molar-refractivity contribution is 5.67. The summed E-state index contributed by atoms with van der Waals surface area (Å²) in [6.07, 6.45) is 5.57. The van der Waals surface area contributed by atoms with Gasteiger partial charge in [0.1, 0.15) is 5.60 Å². The third kappa shape index (κ3) is 8.85. The summed E-state index contributed by atoms with van der Waals surface area (Å²) in [6.45, 7) is 8.34. The van der Waals surface area contributed by atoms with E-state index in [1.54, 1.807) is 0 Å². The van der Waals surface area contributed by atoms with Crippen molar-refractivity contribution in [1.82, 2.24) is 10.6 Å². The second kappa shape index (κ2) is 7.96. The van der Waals surface area contributed by atoms with Crippen LogP contribution in [-0.2, 0) is 4.74 Å². The molecule has 0 aromatic heterocycles. The summed E-state index contributed by atoms with van der Waals surface area (Å²) < 4.78 is 5.12. The highest BCUT2D eigenvalue weighted by Gasteiger charge is 2.16. The zero-order chi connectivity index (χ0) is 14.2. The number of hydrogen-bond donors (Lipinski definition) is 3. The molecule has 2 unspecified atom stereocenters. The van der Waals surface area contributed by atoms with Gasteiger partial charge in [0.05, 0.1) is 6.04 Å². The van der Waals surface area contributed by atoms with Gasteiger partial charge in [0.2, 0.25) is 0 Å². The summed E-state index contributed by atoms with van der Waals surface area (Å²) in [6, 6.07) is 0.0612. The first kappa shape index (κ1) is 16.8. The molecule has 0 fully saturated rings. The lowest BCUT2D eigenvalue weighted by atomic mass is 10.2. The van der Waals surface area contributed by atoms with E-state index in [4.69, 9.17) is 16.9 Å². The third-order valence-corrected chi connectivity index (χ3v) is 2.18. The van der Waals surface area contributed by atoms with Crippen LogP contribution in [-0.4, -0.2) is 36.9 Å². The minimum absolute atomic E-state index is 0.0277. The van der Waals surface area contributed by atoms with Gasteiger partial charge in [-0.2, -0.15) is 0 Å². The number of nitrogens with two attached hydrogens (primary N) is 1. The van der Waals surface area contributed by atoms with Crippen molar-refractivity contribution in [2.45, 2.75) is 51.8 Å². The Morgan fingerprint density at radius 2 is 2.11 bits per heavy atom. The van der Waals surface area contributed by atoms with E-state index < -0.39 is 11.7 Å². The van der Waals surface area contributed by atoms with Crippen LogP contribution in [0.4, 0.5) is 4.79 Å². The van der Waals surface area contributed by atoms with Crippen molar-refractivity contribution >= 4 is 6.09 Å². The largest absolute Gasteiger partial charge is 0.444 e. The van der Waals surface area contributed by atoms with E-state index in [0.717, 1.165) is 0 Å². The molecule has 0 saturated carbocycles. The van der Waals surface area contributed by atoms with Gasteiger partial charge < -0.3 is 15.8 Å². The lowest BCUT2D eigenvalue weighted by molar-refractivity contribution is 0.0526. The van der Waals surface area contributed by atoms with Gasteiger partial charge in [-0.25, -0.2) is 4.79 Å². The second-order valence-electron chi connectivity index (χ2n) is 5.20. The number of amides is 1. The second-order valence-corrected chi connectivity index (χ2v) is 5.20. The van der Waals surface area contributed by atoms with Crippen LogP contribution in [0.25, 0.3) is 0 Å². The van der Waals surface area contributed by atoms with E-state index in [1.165, 1.54) is 0 Å². The van der Waals surface area contributed by atoms with E-state index in [9.17, 15) is 4.79 Å². The van der Waals surface area contributed by atoms with Gasteiger partial charge >= 0.3 is 6.09 Å². The molecule has 0 heterocycles. The van der Waals surface area contributed by atoms with E-state index in [0.29, 0.717) is 19.5 Å². The number of carbonyl (C=O) groups excluding carboxylic acids is 1. The average molecular weight is 255 g/mol. The Balaban J connectivity index is 3.88. The highest BCUT2D eigenvalue weighted by Crippen LogP contribution is 2.06. The van der Waals surface area contributed by atoms with E-state index in [2.05, 4.69) is 16.6 Å². The fraction of sp³-hybridized carbons (Fsp3) is 0.769. The molecule has 0 bridgehead atoms. The molecular weight excluding hydrogens is 230 g/mol. The van der Waals surface area contributed by atoms with Crippen LogP contribution < -0.4 is 16.4 Å². The lowest BCUT2D eigenvalue weighted by Gasteiger charge is -2.21. The molecular formula is C13H25N3O2. The minimum Gasteiger partial charge on any atom is -0.444 e. The third-order valence-electron chi connectivity index (χ3n) is 2.18.